The Labute approximate surface area is 241 Å². The maximum absolute atomic E-state index is 13.9. The third kappa shape index (κ3) is 5.08. The standard InChI is InChI=1S/C32H29N5O5/c1-41-30(38)23-7-5-21(6-8-23)22-9-11-26(12-10-22)36-28-4-3-15-34-29(28)37(32(36)40)27-14-17-35(20-27)19-25-18-24(13-16-33-25)31(39)42-2/h3-13,15-16,18,27H,14,17,19-20H2,1-2H3/t27-/m0/s1. The van der Waals surface area contributed by atoms with Crippen LogP contribution in [0.25, 0.3) is 28.0 Å². The van der Waals surface area contributed by atoms with Gasteiger partial charge < -0.3 is 9.47 Å². The number of carbonyl (C=O) groups excluding carboxylic acids is 2. The molecular formula is C32H29N5O5. The summed E-state index contributed by atoms with van der Waals surface area (Å²) in [5.74, 6) is -0.774. The van der Waals surface area contributed by atoms with Crippen LogP contribution in [-0.4, -0.2) is 63.2 Å². The van der Waals surface area contributed by atoms with Crippen molar-refractivity contribution in [3.8, 4) is 16.8 Å². The number of likely N-dealkylation sites (tertiary alicyclic amines) is 1. The first-order chi connectivity index (χ1) is 20.5. The molecule has 10 nitrogen and oxygen atoms in total. The second-order valence-corrected chi connectivity index (χ2v) is 10.2. The summed E-state index contributed by atoms with van der Waals surface area (Å²) in [6.45, 7) is 1.99. The highest BCUT2D eigenvalue weighted by molar-refractivity contribution is 5.90. The number of hydrogen-bond acceptors (Lipinski definition) is 8. The van der Waals surface area contributed by atoms with Gasteiger partial charge in [-0.25, -0.2) is 19.4 Å². The van der Waals surface area contributed by atoms with Gasteiger partial charge in [0.1, 0.15) is 0 Å². The summed E-state index contributed by atoms with van der Waals surface area (Å²) in [6.07, 6.45) is 4.10. The third-order valence-corrected chi connectivity index (χ3v) is 7.63. The highest BCUT2D eigenvalue weighted by atomic mass is 16.5. The third-order valence-electron chi connectivity index (χ3n) is 7.63. The van der Waals surface area contributed by atoms with Crippen molar-refractivity contribution in [2.75, 3.05) is 27.3 Å². The summed E-state index contributed by atoms with van der Waals surface area (Å²) in [5.41, 5.74) is 5.61. The number of methoxy groups -OCH3 is 2. The van der Waals surface area contributed by atoms with Crippen molar-refractivity contribution in [3.05, 3.63) is 112 Å². The van der Waals surface area contributed by atoms with E-state index in [0.717, 1.165) is 41.0 Å². The number of esters is 2. The summed E-state index contributed by atoms with van der Waals surface area (Å²) in [6, 6.07) is 22.0. The lowest BCUT2D eigenvalue weighted by atomic mass is 10.0. The van der Waals surface area contributed by atoms with E-state index in [0.29, 0.717) is 29.9 Å². The molecule has 1 saturated heterocycles. The predicted octanol–water partition coefficient (Wildman–Crippen LogP) is 4.27. The van der Waals surface area contributed by atoms with Crippen molar-refractivity contribution in [1.29, 1.82) is 0 Å². The normalized spacial score (nSPS) is 15.1. The first-order valence-electron chi connectivity index (χ1n) is 13.6. The van der Waals surface area contributed by atoms with Gasteiger partial charge >= 0.3 is 17.6 Å². The van der Waals surface area contributed by atoms with Crippen molar-refractivity contribution in [2.45, 2.75) is 19.0 Å². The van der Waals surface area contributed by atoms with Crippen LogP contribution in [0.1, 0.15) is 38.9 Å². The number of imidazole rings is 1. The molecule has 1 atom stereocenters. The summed E-state index contributed by atoms with van der Waals surface area (Å²) in [4.78, 5) is 48.9. The molecule has 3 aromatic heterocycles. The van der Waals surface area contributed by atoms with Crippen molar-refractivity contribution in [2.24, 2.45) is 0 Å². The Hall–Kier alpha value is -5.09. The van der Waals surface area contributed by atoms with Crippen LogP contribution < -0.4 is 5.69 Å². The molecule has 212 valence electrons. The molecular weight excluding hydrogens is 534 g/mol. The predicted molar refractivity (Wildman–Crippen MR) is 157 cm³/mol. The zero-order chi connectivity index (χ0) is 29.2. The van der Waals surface area contributed by atoms with E-state index < -0.39 is 5.97 Å². The molecule has 1 fully saturated rings. The van der Waals surface area contributed by atoms with Gasteiger partial charge in [-0.2, -0.15) is 0 Å². The zero-order valence-corrected chi connectivity index (χ0v) is 23.3. The van der Waals surface area contributed by atoms with Gasteiger partial charge in [-0.05, 0) is 66.1 Å². The minimum atomic E-state index is -0.395. The van der Waals surface area contributed by atoms with Crippen LogP contribution in [0.5, 0.6) is 0 Å². The molecule has 10 heteroatoms. The van der Waals surface area contributed by atoms with Gasteiger partial charge in [0.05, 0.1) is 48.3 Å². The Kier molecular flexibility index (Phi) is 7.37. The smallest absolute Gasteiger partial charge is 0.337 e. The summed E-state index contributed by atoms with van der Waals surface area (Å²) < 4.78 is 13.1. The van der Waals surface area contributed by atoms with E-state index in [1.807, 2.05) is 48.5 Å². The SMILES string of the molecule is COC(=O)c1ccc(-c2ccc(-n3c(=O)n([C@H]4CCN(Cc5cc(C(=O)OC)ccn5)C4)c4ncccc43)cc2)cc1. The molecule has 42 heavy (non-hydrogen) atoms. The van der Waals surface area contributed by atoms with E-state index in [-0.39, 0.29) is 17.7 Å². The van der Waals surface area contributed by atoms with E-state index >= 15 is 0 Å². The minimum Gasteiger partial charge on any atom is -0.465 e. The Balaban J connectivity index is 1.26. The lowest BCUT2D eigenvalue weighted by Gasteiger charge is -2.16. The molecule has 0 aliphatic carbocycles. The second kappa shape index (κ2) is 11.4. The Bertz CT molecular complexity index is 1830. The van der Waals surface area contributed by atoms with Crippen LogP contribution in [0.15, 0.2) is 90.0 Å². The summed E-state index contributed by atoms with van der Waals surface area (Å²) >= 11 is 0. The van der Waals surface area contributed by atoms with E-state index in [4.69, 9.17) is 9.47 Å². The molecule has 1 aliphatic heterocycles. The fraction of sp³-hybridized carbons (Fsp3) is 0.219. The van der Waals surface area contributed by atoms with Gasteiger partial charge in [0, 0.05) is 32.0 Å². The quantitative estimate of drug-likeness (QED) is 0.270. The molecule has 5 aromatic rings. The molecule has 0 bridgehead atoms. The number of pyridine rings is 2. The van der Waals surface area contributed by atoms with E-state index in [1.165, 1.54) is 14.2 Å². The number of carbonyl (C=O) groups is 2. The number of ether oxygens (including phenoxy) is 2. The van der Waals surface area contributed by atoms with Gasteiger partial charge in [-0.3, -0.25) is 19.0 Å². The minimum absolute atomic E-state index is 0.0625. The lowest BCUT2D eigenvalue weighted by molar-refractivity contribution is 0.0591. The molecule has 0 radical (unpaired) electrons. The first-order valence-corrected chi connectivity index (χ1v) is 13.6. The fourth-order valence-electron chi connectivity index (χ4n) is 5.55. The van der Waals surface area contributed by atoms with Crippen molar-refractivity contribution >= 4 is 23.1 Å². The average molecular weight is 564 g/mol. The van der Waals surface area contributed by atoms with Crippen LogP contribution >= 0.6 is 0 Å². The first kappa shape index (κ1) is 27.1. The van der Waals surface area contributed by atoms with Crippen LogP contribution in [-0.2, 0) is 16.0 Å². The van der Waals surface area contributed by atoms with Crippen LogP contribution in [0.4, 0.5) is 0 Å². The molecule has 0 unspecified atom stereocenters. The topological polar surface area (TPSA) is 109 Å². The molecule has 1 aliphatic rings. The molecule has 0 amide bonds. The Morgan fingerprint density at radius 2 is 1.55 bits per heavy atom. The fourth-order valence-corrected chi connectivity index (χ4v) is 5.55. The second-order valence-electron chi connectivity index (χ2n) is 10.2. The highest BCUT2D eigenvalue weighted by Crippen LogP contribution is 2.28. The van der Waals surface area contributed by atoms with E-state index in [1.54, 1.807) is 45.8 Å². The van der Waals surface area contributed by atoms with E-state index in [2.05, 4.69) is 14.9 Å². The zero-order valence-electron chi connectivity index (χ0n) is 23.3. The number of benzene rings is 2. The average Bonchev–Trinajstić information content (AvgIpc) is 3.61. The maximum atomic E-state index is 13.9. The maximum Gasteiger partial charge on any atom is 0.337 e. The van der Waals surface area contributed by atoms with Crippen LogP contribution in [0.2, 0.25) is 0 Å². The molecule has 4 heterocycles. The number of nitrogens with zero attached hydrogens (tertiary/aromatic N) is 5. The van der Waals surface area contributed by atoms with E-state index in [9.17, 15) is 14.4 Å². The number of rotatable bonds is 7. The Morgan fingerprint density at radius 1 is 0.857 bits per heavy atom. The molecule has 0 N–H and O–H groups in total. The number of fused-ring (bicyclic) bond motifs is 1. The summed E-state index contributed by atoms with van der Waals surface area (Å²) in [7, 11) is 2.72. The lowest BCUT2D eigenvalue weighted by Crippen LogP contribution is -2.29. The van der Waals surface area contributed by atoms with Gasteiger partial charge in [-0.1, -0.05) is 24.3 Å². The number of hydrogen-bond donors (Lipinski definition) is 0. The van der Waals surface area contributed by atoms with Gasteiger partial charge in [0.25, 0.3) is 0 Å². The van der Waals surface area contributed by atoms with Crippen LogP contribution in [0, 0.1) is 0 Å². The Morgan fingerprint density at radius 3 is 2.26 bits per heavy atom. The van der Waals surface area contributed by atoms with Crippen LogP contribution in [0.3, 0.4) is 0 Å². The largest absolute Gasteiger partial charge is 0.465 e. The molecule has 0 spiro atoms. The summed E-state index contributed by atoms with van der Waals surface area (Å²) in [5, 5.41) is 0. The monoisotopic (exact) mass is 563 g/mol. The van der Waals surface area contributed by atoms with Crippen molar-refractivity contribution in [3.63, 3.8) is 0 Å². The molecule has 2 aromatic carbocycles. The van der Waals surface area contributed by atoms with Gasteiger partial charge in [-0.15, -0.1) is 0 Å². The number of aromatic nitrogens is 4. The van der Waals surface area contributed by atoms with Gasteiger partial charge in [0.2, 0.25) is 0 Å². The molecule has 0 saturated carbocycles. The highest BCUT2D eigenvalue weighted by Gasteiger charge is 2.29. The molecule has 6 rings (SSSR count). The van der Waals surface area contributed by atoms with Gasteiger partial charge in [0.15, 0.2) is 5.65 Å². The van der Waals surface area contributed by atoms with Crippen molar-refractivity contribution in [1.82, 2.24) is 24.0 Å². The van der Waals surface area contributed by atoms with Crippen molar-refractivity contribution < 1.29 is 19.1 Å².